The highest BCUT2D eigenvalue weighted by Gasteiger charge is 2.29. The van der Waals surface area contributed by atoms with E-state index in [2.05, 4.69) is 0 Å². The Morgan fingerprint density at radius 3 is 2.59 bits per heavy atom. The zero-order chi connectivity index (χ0) is 13.2. The summed E-state index contributed by atoms with van der Waals surface area (Å²) in [5.41, 5.74) is -0.128. The Bertz CT molecular complexity index is 424. The summed E-state index contributed by atoms with van der Waals surface area (Å²) in [7, 11) is 0. The summed E-state index contributed by atoms with van der Waals surface area (Å²) >= 11 is 5.75. The third kappa shape index (κ3) is 3.51. The monoisotopic (exact) mass is 258 g/mol. The van der Waals surface area contributed by atoms with Crippen LogP contribution in [0.2, 0.25) is 5.02 Å². The molecule has 0 saturated heterocycles. The van der Waals surface area contributed by atoms with Crippen LogP contribution in [0.3, 0.4) is 0 Å². The van der Waals surface area contributed by atoms with E-state index in [1.165, 1.54) is 12.1 Å². The summed E-state index contributed by atoms with van der Waals surface area (Å²) in [5.74, 6) is -0.910. The number of benzene rings is 1. The fourth-order valence-electron chi connectivity index (χ4n) is 1.45. The molecule has 2 nitrogen and oxygen atoms in total. The smallest absolute Gasteiger partial charge is 0.166 e. The lowest BCUT2D eigenvalue weighted by Crippen LogP contribution is -2.35. The van der Waals surface area contributed by atoms with Crippen LogP contribution in [-0.2, 0) is 11.2 Å². The van der Waals surface area contributed by atoms with Gasteiger partial charge in [0, 0.05) is 6.42 Å². The SMILES string of the molecule is CC(C)(C)C(O)C(=O)Cc1cccc(F)c1Cl. The van der Waals surface area contributed by atoms with Gasteiger partial charge in [0.1, 0.15) is 11.9 Å². The predicted molar refractivity (Wildman–Crippen MR) is 65.6 cm³/mol. The van der Waals surface area contributed by atoms with E-state index >= 15 is 0 Å². The first-order valence-electron chi connectivity index (χ1n) is 5.37. The first kappa shape index (κ1) is 14.1. The lowest BCUT2D eigenvalue weighted by molar-refractivity contribution is -0.131. The van der Waals surface area contributed by atoms with Gasteiger partial charge >= 0.3 is 0 Å². The molecule has 17 heavy (non-hydrogen) atoms. The molecule has 1 N–H and O–H groups in total. The van der Waals surface area contributed by atoms with E-state index in [1.54, 1.807) is 26.8 Å². The van der Waals surface area contributed by atoms with Gasteiger partial charge in [-0.15, -0.1) is 0 Å². The Morgan fingerprint density at radius 2 is 2.06 bits per heavy atom. The zero-order valence-corrected chi connectivity index (χ0v) is 10.9. The second kappa shape index (κ2) is 5.15. The van der Waals surface area contributed by atoms with Gasteiger partial charge in [-0.2, -0.15) is 0 Å². The van der Waals surface area contributed by atoms with Crippen molar-refractivity contribution in [2.75, 3.05) is 0 Å². The van der Waals surface area contributed by atoms with Gasteiger partial charge in [0.15, 0.2) is 5.78 Å². The molecule has 0 aliphatic rings. The number of Topliss-reactive ketones (excluding diaryl/α,β-unsaturated/α-hetero) is 1. The molecule has 0 aromatic heterocycles. The van der Waals surface area contributed by atoms with Crippen LogP contribution in [0.5, 0.6) is 0 Å². The van der Waals surface area contributed by atoms with Crippen LogP contribution in [0.15, 0.2) is 18.2 Å². The Kier molecular flexibility index (Phi) is 4.28. The molecule has 0 aliphatic heterocycles. The van der Waals surface area contributed by atoms with E-state index in [0.29, 0.717) is 5.56 Å². The van der Waals surface area contributed by atoms with Gasteiger partial charge in [-0.05, 0) is 17.0 Å². The number of aliphatic hydroxyl groups is 1. The number of hydrogen-bond donors (Lipinski definition) is 1. The van der Waals surface area contributed by atoms with E-state index in [4.69, 9.17) is 11.6 Å². The molecule has 1 rings (SSSR count). The lowest BCUT2D eigenvalue weighted by atomic mass is 9.85. The molecule has 0 bridgehead atoms. The Balaban J connectivity index is 2.86. The standard InChI is InChI=1S/C13H16ClFO2/c1-13(2,3)12(17)10(16)7-8-5-4-6-9(15)11(8)14/h4-6,12,17H,7H2,1-3H3. The van der Waals surface area contributed by atoms with Crippen molar-refractivity contribution in [3.05, 3.63) is 34.6 Å². The number of ketones is 1. The quantitative estimate of drug-likeness (QED) is 0.905. The highest BCUT2D eigenvalue weighted by atomic mass is 35.5. The molecule has 0 spiro atoms. The number of hydrogen-bond acceptors (Lipinski definition) is 2. The average molecular weight is 259 g/mol. The van der Waals surface area contributed by atoms with E-state index in [-0.39, 0.29) is 17.2 Å². The maximum absolute atomic E-state index is 13.2. The maximum Gasteiger partial charge on any atom is 0.166 e. The van der Waals surface area contributed by atoms with Crippen molar-refractivity contribution in [2.24, 2.45) is 5.41 Å². The summed E-state index contributed by atoms with van der Waals surface area (Å²) in [6.45, 7) is 5.30. The maximum atomic E-state index is 13.2. The van der Waals surface area contributed by atoms with Crippen molar-refractivity contribution in [2.45, 2.75) is 33.3 Å². The number of carbonyl (C=O) groups is 1. The average Bonchev–Trinajstić information content (AvgIpc) is 2.22. The van der Waals surface area contributed by atoms with Crippen molar-refractivity contribution in [1.82, 2.24) is 0 Å². The predicted octanol–water partition coefficient (Wildman–Crippen LogP) is 3.00. The second-order valence-electron chi connectivity index (χ2n) is 5.12. The van der Waals surface area contributed by atoms with Crippen molar-refractivity contribution >= 4 is 17.4 Å². The molecule has 1 unspecified atom stereocenters. The molecule has 1 aromatic rings. The molecule has 0 saturated carbocycles. The summed E-state index contributed by atoms with van der Waals surface area (Å²) in [6.07, 6.45) is -1.14. The molecule has 0 amide bonds. The van der Waals surface area contributed by atoms with Crippen molar-refractivity contribution in [1.29, 1.82) is 0 Å². The highest BCUT2D eigenvalue weighted by molar-refractivity contribution is 6.31. The molecular formula is C13H16ClFO2. The highest BCUT2D eigenvalue weighted by Crippen LogP contribution is 2.24. The van der Waals surface area contributed by atoms with Crippen LogP contribution in [0.1, 0.15) is 26.3 Å². The van der Waals surface area contributed by atoms with Crippen molar-refractivity contribution < 1.29 is 14.3 Å². The van der Waals surface area contributed by atoms with Crippen molar-refractivity contribution in [3.63, 3.8) is 0 Å². The summed E-state index contributed by atoms with van der Waals surface area (Å²) in [6, 6.07) is 4.31. The fraction of sp³-hybridized carbons (Fsp3) is 0.462. The van der Waals surface area contributed by atoms with Crippen molar-refractivity contribution in [3.8, 4) is 0 Å². The Morgan fingerprint density at radius 1 is 1.47 bits per heavy atom. The van der Waals surface area contributed by atoms with Gasteiger partial charge in [0.05, 0.1) is 5.02 Å². The number of carbonyl (C=O) groups excluding carboxylic acids is 1. The molecule has 1 aromatic carbocycles. The molecule has 4 heteroatoms. The summed E-state index contributed by atoms with van der Waals surface area (Å²) in [5, 5.41) is 9.74. The van der Waals surface area contributed by atoms with Gasteiger partial charge in [-0.1, -0.05) is 44.5 Å². The van der Waals surface area contributed by atoms with E-state index in [0.717, 1.165) is 0 Å². The molecule has 1 atom stereocenters. The summed E-state index contributed by atoms with van der Waals surface area (Å²) < 4.78 is 13.2. The van der Waals surface area contributed by atoms with E-state index < -0.39 is 17.3 Å². The van der Waals surface area contributed by atoms with Gasteiger partial charge in [-0.3, -0.25) is 4.79 Å². The zero-order valence-electron chi connectivity index (χ0n) is 10.1. The molecule has 0 fully saturated rings. The van der Waals surface area contributed by atoms with Crippen LogP contribution in [0, 0.1) is 11.2 Å². The van der Waals surface area contributed by atoms with Crippen LogP contribution in [-0.4, -0.2) is 17.0 Å². The third-order valence-electron chi connectivity index (χ3n) is 2.52. The Labute approximate surface area is 105 Å². The largest absolute Gasteiger partial charge is 0.385 e. The van der Waals surface area contributed by atoms with Gasteiger partial charge in [-0.25, -0.2) is 4.39 Å². The minimum absolute atomic E-state index is 0.0537. The number of aliphatic hydroxyl groups excluding tert-OH is 1. The first-order chi connectivity index (χ1) is 7.73. The van der Waals surface area contributed by atoms with Gasteiger partial charge in [0.25, 0.3) is 0 Å². The van der Waals surface area contributed by atoms with Crippen LogP contribution < -0.4 is 0 Å². The Hall–Kier alpha value is -0.930. The fourth-order valence-corrected chi connectivity index (χ4v) is 1.65. The topological polar surface area (TPSA) is 37.3 Å². The third-order valence-corrected chi connectivity index (χ3v) is 2.94. The van der Waals surface area contributed by atoms with E-state index in [1.807, 2.05) is 0 Å². The molecule has 0 heterocycles. The molecule has 94 valence electrons. The molecule has 0 radical (unpaired) electrons. The second-order valence-corrected chi connectivity index (χ2v) is 5.50. The normalized spacial score (nSPS) is 13.5. The summed E-state index contributed by atoms with van der Waals surface area (Å²) in [4.78, 5) is 11.8. The molecular weight excluding hydrogens is 243 g/mol. The number of halogens is 2. The lowest BCUT2D eigenvalue weighted by Gasteiger charge is -2.24. The molecule has 0 aliphatic carbocycles. The van der Waals surface area contributed by atoms with Gasteiger partial charge in [0.2, 0.25) is 0 Å². The van der Waals surface area contributed by atoms with Crippen LogP contribution >= 0.6 is 11.6 Å². The van der Waals surface area contributed by atoms with Gasteiger partial charge < -0.3 is 5.11 Å². The number of rotatable bonds is 3. The van der Waals surface area contributed by atoms with E-state index in [9.17, 15) is 14.3 Å². The first-order valence-corrected chi connectivity index (χ1v) is 5.75. The minimum Gasteiger partial charge on any atom is -0.385 e. The van der Waals surface area contributed by atoms with Crippen LogP contribution in [0.25, 0.3) is 0 Å². The minimum atomic E-state index is -1.08. The van der Waals surface area contributed by atoms with Crippen LogP contribution in [0.4, 0.5) is 4.39 Å².